The summed E-state index contributed by atoms with van der Waals surface area (Å²) >= 11 is 0. The lowest BCUT2D eigenvalue weighted by molar-refractivity contribution is -0.141. The van der Waals surface area contributed by atoms with E-state index in [-0.39, 0.29) is 58.8 Å². The van der Waals surface area contributed by atoms with Crippen LogP contribution in [0.3, 0.4) is 0 Å². The van der Waals surface area contributed by atoms with E-state index in [1.54, 1.807) is 14.7 Å². The lowest BCUT2D eigenvalue weighted by Gasteiger charge is -2.37. The Labute approximate surface area is 180 Å². The normalized spacial score (nSPS) is 21.1. The van der Waals surface area contributed by atoms with Crippen molar-refractivity contribution in [1.82, 2.24) is 19.6 Å². The van der Waals surface area contributed by atoms with Crippen molar-refractivity contribution in [2.45, 2.75) is 12.5 Å². The highest BCUT2D eigenvalue weighted by molar-refractivity contribution is 5.75. The van der Waals surface area contributed by atoms with Crippen LogP contribution in [0.4, 0.5) is 0 Å². The van der Waals surface area contributed by atoms with Gasteiger partial charge in [0.05, 0.1) is 26.2 Å². The highest BCUT2D eigenvalue weighted by Gasteiger charge is 2.27. The smallest absolute Gasteiger partial charge is 0.317 e. The van der Waals surface area contributed by atoms with Crippen LogP contribution in [-0.4, -0.2) is 148 Å². The number of carbonyl (C=O) groups excluding carboxylic acids is 1. The first-order chi connectivity index (χ1) is 14.6. The number of β-amino-alcohol motifs (C(OH)–C–C–N with tert-alkyl or cyclic N) is 1. The second kappa shape index (κ2) is 13.9. The third kappa shape index (κ3) is 11.6. The fraction of sp³-hybridized carbons (Fsp3) is 0.778. The molecule has 0 radical (unpaired) electrons. The topological polar surface area (TPSA) is 188 Å². The van der Waals surface area contributed by atoms with Gasteiger partial charge in [0, 0.05) is 64.8 Å². The zero-order valence-electron chi connectivity index (χ0n) is 17.6. The van der Waals surface area contributed by atoms with Crippen LogP contribution in [0.5, 0.6) is 0 Å². The summed E-state index contributed by atoms with van der Waals surface area (Å²) in [4.78, 5) is 52.3. The number of hydrogen-bond acceptors (Lipinski definition) is 9. The van der Waals surface area contributed by atoms with Crippen LogP contribution in [0.2, 0.25) is 0 Å². The Kier molecular flexibility index (Phi) is 12.0. The molecule has 1 saturated heterocycles. The predicted molar refractivity (Wildman–Crippen MR) is 108 cm³/mol. The Morgan fingerprint density at radius 2 is 1.23 bits per heavy atom. The molecule has 6 N–H and O–H groups in total. The summed E-state index contributed by atoms with van der Waals surface area (Å²) in [7, 11) is 0. The zero-order valence-corrected chi connectivity index (χ0v) is 17.6. The highest BCUT2D eigenvalue weighted by Crippen LogP contribution is 2.10. The second-order valence-electron chi connectivity index (χ2n) is 7.55. The molecule has 1 atom stereocenters. The fourth-order valence-electron chi connectivity index (χ4n) is 3.60. The number of nitrogens with zero attached hydrogens (tertiary/aromatic N) is 4. The van der Waals surface area contributed by atoms with Crippen LogP contribution in [0.15, 0.2) is 0 Å². The molecule has 0 aromatic rings. The van der Waals surface area contributed by atoms with Gasteiger partial charge in [-0.2, -0.15) is 0 Å². The molecule has 1 rings (SSSR count). The standard InChI is InChI=1S/C18H33N5O8/c19-15(25)9-14-10-22(12-17(28)29)4-3-21(11-16(26)27)2-1-20(7-8-24)5-6-23(14)13-18(30)31/h14,24H,1-13H2,(H2,19,25)(H,26,27)(H,28,29)(H,30,31). The van der Waals surface area contributed by atoms with Crippen molar-refractivity contribution < 1.29 is 39.6 Å². The number of hydrogen-bond donors (Lipinski definition) is 5. The van der Waals surface area contributed by atoms with Gasteiger partial charge in [0.1, 0.15) is 0 Å². The van der Waals surface area contributed by atoms with Gasteiger partial charge in [-0.05, 0) is 0 Å². The van der Waals surface area contributed by atoms with Crippen molar-refractivity contribution in [3.8, 4) is 0 Å². The lowest BCUT2D eigenvalue weighted by atomic mass is 10.1. The summed E-state index contributed by atoms with van der Waals surface area (Å²) in [5.74, 6) is -3.83. The van der Waals surface area contributed by atoms with E-state index in [0.29, 0.717) is 26.2 Å². The van der Waals surface area contributed by atoms with Crippen molar-refractivity contribution in [1.29, 1.82) is 0 Å². The van der Waals surface area contributed by atoms with E-state index in [2.05, 4.69) is 0 Å². The first-order valence-corrected chi connectivity index (χ1v) is 10.1. The van der Waals surface area contributed by atoms with Gasteiger partial charge in [-0.25, -0.2) is 0 Å². The van der Waals surface area contributed by atoms with Crippen molar-refractivity contribution in [2.24, 2.45) is 5.73 Å². The molecule has 0 aromatic heterocycles. The average molecular weight is 447 g/mol. The summed E-state index contributed by atoms with van der Waals surface area (Å²) in [5.41, 5.74) is 5.37. The van der Waals surface area contributed by atoms with E-state index in [1.165, 1.54) is 0 Å². The third-order valence-electron chi connectivity index (χ3n) is 5.06. The first-order valence-electron chi connectivity index (χ1n) is 10.1. The Morgan fingerprint density at radius 3 is 1.74 bits per heavy atom. The van der Waals surface area contributed by atoms with Crippen LogP contribution in [-0.2, 0) is 19.2 Å². The quantitative estimate of drug-likeness (QED) is 0.225. The minimum Gasteiger partial charge on any atom is -0.480 e. The van der Waals surface area contributed by atoms with E-state index in [0.717, 1.165) is 0 Å². The van der Waals surface area contributed by atoms with Crippen LogP contribution in [0, 0.1) is 0 Å². The lowest BCUT2D eigenvalue weighted by Crippen LogP contribution is -2.53. The summed E-state index contributed by atoms with van der Waals surface area (Å²) in [5, 5.41) is 37.1. The molecule has 31 heavy (non-hydrogen) atoms. The summed E-state index contributed by atoms with van der Waals surface area (Å²) in [6.07, 6.45) is -0.151. The van der Waals surface area contributed by atoms with E-state index in [1.807, 2.05) is 4.90 Å². The van der Waals surface area contributed by atoms with Crippen molar-refractivity contribution in [3.63, 3.8) is 0 Å². The minimum absolute atomic E-state index is 0.0867. The molecule has 13 nitrogen and oxygen atoms in total. The largest absolute Gasteiger partial charge is 0.480 e. The van der Waals surface area contributed by atoms with E-state index < -0.39 is 29.9 Å². The maximum absolute atomic E-state index is 11.6. The van der Waals surface area contributed by atoms with Crippen molar-refractivity contribution >= 4 is 23.8 Å². The molecule has 1 fully saturated rings. The third-order valence-corrected chi connectivity index (χ3v) is 5.06. The molecule has 1 heterocycles. The number of carbonyl (C=O) groups is 4. The maximum Gasteiger partial charge on any atom is 0.317 e. The van der Waals surface area contributed by atoms with E-state index >= 15 is 0 Å². The minimum atomic E-state index is -1.09. The van der Waals surface area contributed by atoms with Crippen molar-refractivity contribution in [2.75, 3.05) is 78.6 Å². The van der Waals surface area contributed by atoms with Crippen molar-refractivity contribution in [3.05, 3.63) is 0 Å². The number of nitrogens with two attached hydrogens (primary N) is 1. The summed E-state index contributed by atoms with van der Waals surface area (Å²) in [6, 6.07) is -0.628. The molecular formula is C18H33N5O8. The molecule has 0 saturated carbocycles. The molecule has 0 bridgehead atoms. The van der Waals surface area contributed by atoms with Gasteiger partial charge in [-0.15, -0.1) is 0 Å². The Morgan fingerprint density at radius 1 is 0.742 bits per heavy atom. The van der Waals surface area contributed by atoms with Gasteiger partial charge in [-0.1, -0.05) is 0 Å². The molecule has 13 heteroatoms. The van der Waals surface area contributed by atoms with Crippen LogP contribution < -0.4 is 5.73 Å². The summed E-state index contributed by atoms with van der Waals surface area (Å²) < 4.78 is 0. The number of aliphatic hydroxyl groups excluding tert-OH is 1. The average Bonchev–Trinajstić information content (AvgIpc) is 2.63. The predicted octanol–water partition coefficient (Wildman–Crippen LogP) is -3.30. The Hall–Kier alpha value is -2.32. The first kappa shape index (κ1) is 26.7. The number of amides is 1. The van der Waals surface area contributed by atoms with Crippen LogP contribution in [0.1, 0.15) is 6.42 Å². The Balaban J connectivity index is 3.16. The number of aliphatic carboxylic acids is 3. The molecule has 0 spiro atoms. The number of carboxylic acid groups (broad SMARTS) is 3. The van der Waals surface area contributed by atoms with E-state index in [9.17, 15) is 39.6 Å². The fourth-order valence-corrected chi connectivity index (χ4v) is 3.60. The van der Waals surface area contributed by atoms with Gasteiger partial charge >= 0.3 is 17.9 Å². The highest BCUT2D eigenvalue weighted by atomic mass is 16.4. The number of rotatable bonds is 10. The van der Waals surface area contributed by atoms with Crippen LogP contribution >= 0.6 is 0 Å². The molecule has 1 unspecified atom stereocenters. The number of primary amides is 1. The monoisotopic (exact) mass is 447 g/mol. The SMILES string of the molecule is NC(=O)CC1CN(CC(=O)O)CCN(CC(=O)O)CCN(CCO)CCN1CC(=O)O. The van der Waals surface area contributed by atoms with Gasteiger partial charge in [0.15, 0.2) is 0 Å². The van der Waals surface area contributed by atoms with Gasteiger partial charge < -0.3 is 26.2 Å². The number of aliphatic hydroxyl groups is 1. The Bertz CT molecular complexity index is 620. The van der Waals surface area contributed by atoms with Gasteiger partial charge in [-0.3, -0.25) is 38.8 Å². The number of carboxylic acids is 3. The molecule has 1 amide bonds. The molecule has 1 aliphatic rings. The van der Waals surface area contributed by atoms with Gasteiger partial charge in [0.2, 0.25) is 5.91 Å². The second-order valence-corrected chi connectivity index (χ2v) is 7.55. The maximum atomic E-state index is 11.6. The molecule has 0 aliphatic carbocycles. The molecule has 178 valence electrons. The van der Waals surface area contributed by atoms with Gasteiger partial charge in [0.25, 0.3) is 0 Å². The molecular weight excluding hydrogens is 414 g/mol. The van der Waals surface area contributed by atoms with Crippen LogP contribution in [0.25, 0.3) is 0 Å². The molecule has 1 aliphatic heterocycles. The zero-order chi connectivity index (χ0) is 23.4. The molecule has 0 aromatic carbocycles. The van der Waals surface area contributed by atoms with E-state index in [4.69, 9.17) is 5.73 Å². The summed E-state index contributed by atoms with van der Waals surface area (Å²) in [6.45, 7) is 1.34.